The molecule has 0 aliphatic carbocycles. The summed E-state index contributed by atoms with van der Waals surface area (Å²) in [4.78, 5) is 11.7. The van der Waals surface area contributed by atoms with Crippen molar-refractivity contribution < 1.29 is 19.0 Å². The Morgan fingerprint density at radius 3 is 2.24 bits per heavy atom. The van der Waals surface area contributed by atoms with Gasteiger partial charge in [-0.25, -0.2) is 0 Å². The quantitative estimate of drug-likeness (QED) is 0.396. The molecule has 0 amide bonds. The Labute approximate surface area is 130 Å². The Balaban J connectivity index is 2.88. The number of benzene rings is 1. The number of rotatable bonds is 9. The van der Waals surface area contributed by atoms with E-state index in [1.165, 1.54) is 0 Å². The zero-order valence-corrected chi connectivity index (χ0v) is 13.4. The standard InChI is InChI=1S/C16H21ClO4/c1-19-14-11-16(21-3)15(20-2)10-12(14)7-8-13(18)6-4-5-9-17/h7-8,10-11H,4-6,9H2,1-3H3. The molecule has 0 spiro atoms. The maximum atomic E-state index is 11.7. The number of carbonyl (C=O) groups excluding carboxylic acids is 1. The van der Waals surface area contributed by atoms with Gasteiger partial charge in [-0.2, -0.15) is 0 Å². The minimum atomic E-state index is 0.0666. The molecule has 116 valence electrons. The minimum absolute atomic E-state index is 0.0666. The van der Waals surface area contributed by atoms with E-state index in [9.17, 15) is 4.79 Å². The topological polar surface area (TPSA) is 44.8 Å². The number of alkyl halides is 1. The number of halogens is 1. The largest absolute Gasteiger partial charge is 0.496 e. The molecule has 0 fully saturated rings. The normalized spacial score (nSPS) is 10.7. The van der Waals surface area contributed by atoms with Crippen molar-refractivity contribution >= 4 is 23.5 Å². The smallest absolute Gasteiger partial charge is 0.164 e. The molecule has 1 aromatic rings. The molecule has 0 atom stereocenters. The first-order valence-corrected chi connectivity index (χ1v) is 7.26. The van der Waals surface area contributed by atoms with Gasteiger partial charge in [0.1, 0.15) is 5.75 Å². The highest BCUT2D eigenvalue weighted by molar-refractivity contribution is 6.17. The zero-order valence-electron chi connectivity index (χ0n) is 12.6. The van der Waals surface area contributed by atoms with Crippen molar-refractivity contribution in [3.63, 3.8) is 0 Å². The number of hydrogen-bond acceptors (Lipinski definition) is 4. The summed E-state index contributed by atoms with van der Waals surface area (Å²) in [5.41, 5.74) is 0.765. The number of unbranched alkanes of at least 4 members (excludes halogenated alkanes) is 1. The molecule has 5 heteroatoms. The molecule has 0 N–H and O–H groups in total. The third-order valence-corrected chi connectivity index (χ3v) is 3.26. The van der Waals surface area contributed by atoms with Gasteiger partial charge in [-0.15, -0.1) is 11.6 Å². The highest BCUT2D eigenvalue weighted by Gasteiger charge is 2.10. The van der Waals surface area contributed by atoms with Crippen molar-refractivity contribution in [3.8, 4) is 17.2 Å². The maximum Gasteiger partial charge on any atom is 0.164 e. The summed E-state index contributed by atoms with van der Waals surface area (Å²) in [5.74, 6) is 2.45. The molecule has 0 aromatic heterocycles. The molecular formula is C16H21ClO4. The Bertz CT molecular complexity index is 497. The van der Waals surface area contributed by atoms with Crippen LogP contribution in [0, 0.1) is 0 Å². The van der Waals surface area contributed by atoms with Crippen LogP contribution in [-0.2, 0) is 4.79 Å². The van der Waals surface area contributed by atoms with Gasteiger partial charge in [0.25, 0.3) is 0 Å². The molecule has 0 unspecified atom stereocenters. The predicted molar refractivity (Wildman–Crippen MR) is 84.7 cm³/mol. The van der Waals surface area contributed by atoms with Crippen molar-refractivity contribution in [3.05, 3.63) is 23.8 Å². The van der Waals surface area contributed by atoms with Gasteiger partial charge in [-0.05, 0) is 31.1 Å². The van der Waals surface area contributed by atoms with Crippen LogP contribution < -0.4 is 14.2 Å². The van der Waals surface area contributed by atoms with Gasteiger partial charge in [0.05, 0.1) is 21.3 Å². The Kier molecular flexibility index (Phi) is 7.69. The number of hydrogen-bond donors (Lipinski definition) is 0. The van der Waals surface area contributed by atoms with Crippen molar-refractivity contribution in [1.29, 1.82) is 0 Å². The summed E-state index contributed by atoms with van der Waals surface area (Å²) in [6, 6.07) is 3.51. The molecule has 21 heavy (non-hydrogen) atoms. The molecule has 0 heterocycles. The van der Waals surface area contributed by atoms with E-state index in [0.717, 1.165) is 18.4 Å². The maximum absolute atomic E-state index is 11.7. The SMILES string of the molecule is COc1cc(OC)c(OC)cc1C=CC(=O)CCCCCl. The van der Waals surface area contributed by atoms with Crippen LogP contribution in [0.15, 0.2) is 18.2 Å². The molecule has 1 rings (SSSR count). The summed E-state index contributed by atoms with van der Waals surface area (Å²) in [5, 5.41) is 0. The lowest BCUT2D eigenvalue weighted by atomic mass is 10.1. The molecule has 0 radical (unpaired) electrons. The third-order valence-electron chi connectivity index (χ3n) is 2.99. The van der Waals surface area contributed by atoms with Crippen LogP contribution in [0.1, 0.15) is 24.8 Å². The second-order valence-corrected chi connectivity index (χ2v) is 4.77. The van der Waals surface area contributed by atoms with Crippen LogP contribution in [0.4, 0.5) is 0 Å². The first kappa shape index (κ1) is 17.4. The summed E-state index contributed by atoms with van der Waals surface area (Å²) < 4.78 is 15.8. The third kappa shape index (κ3) is 5.31. The van der Waals surface area contributed by atoms with Crippen LogP contribution in [0.5, 0.6) is 17.2 Å². The fraction of sp³-hybridized carbons (Fsp3) is 0.438. The van der Waals surface area contributed by atoms with Crippen LogP contribution in [0.2, 0.25) is 0 Å². The number of methoxy groups -OCH3 is 3. The van der Waals surface area contributed by atoms with Gasteiger partial charge < -0.3 is 14.2 Å². The lowest BCUT2D eigenvalue weighted by molar-refractivity contribution is -0.114. The van der Waals surface area contributed by atoms with Crippen LogP contribution in [0.25, 0.3) is 6.08 Å². The van der Waals surface area contributed by atoms with Crippen molar-refractivity contribution in [2.45, 2.75) is 19.3 Å². The van der Waals surface area contributed by atoms with Gasteiger partial charge in [0.15, 0.2) is 17.3 Å². The van der Waals surface area contributed by atoms with Crippen molar-refractivity contribution in [2.75, 3.05) is 27.2 Å². The van der Waals surface area contributed by atoms with Gasteiger partial charge in [-0.3, -0.25) is 4.79 Å². The molecule has 0 aliphatic rings. The molecule has 1 aromatic carbocycles. The average Bonchev–Trinajstić information content (AvgIpc) is 2.52. The summed E-state index contributed by atoms with van der Waals surface area (Å²) >= 11 is 5.59. The van der Waals surface area contributed by atoms with Gasteiger partial charge in [0, 0.05) is 23.9 Å². The first-order chi connectivity index (χ1) is 10.2. The zero-order chi connectivity index (χ0) is 15.7. The molecule has 4 nitrogen and oxygen atoms in total. The van der Waals surface area contributed by atoms with Gasteiger partial charge in [0.2, 0.25) is 0 Å². The molecule has 0 saturated heterocycles. The van der Waals surface area contributed by atoms with E-state index in [-0.39, 0.29) is 5.78 Å². The number of ketones is 1. The van der Waals surface area contributed by atoms with Gasteiger partial charge in [-0.1, -0.05) is 0 Å². The Hall–Kier alpha value is -1.68. The van der Waals surface area contributed by atoms with E-state index in [4.69, 9.17) is 25.8 Å². The first-order valence-electron chi connectivity index (χ1n) is 6.73. The highest BCUT2D eigenvalue weighted by atomic mass is 35.5. The Morgan fingerprint density at radius 1 is 1.05 bits per heavy atom. The Morgan fingerprint density at radius 2 is 1.67 bits per heavy atom. The molecule has 0 aliphatic heterocycles. The van der Waals surface area contributed by atoms with Crippen molar-refractivity contribution in [1.82, 2.24) is 0 Å². The fourth-order valence-electron chi connectivity index (χ4n) is 1.84. The lowest BCUT2D eigenvalue weighted by Gasteiger charge is -2.12. The molecule has 0 saturated carbocycles. The average molecular weight is 313 g/mol. The van der Waals surface area contributed by atoms with Crippen LogP contribution >= 0.6 is 11.6 Å². The molecular weight excluding hydrogens is 292 g/mol. The van der Waals surface area contributed by atoms with E-state index >= 15 is 0 Å². The van der Waals surface area contributed by atoms with E-state index in [2.05, 4.69) is 0 Å². The highest BCUT2D eigenvalue weighted by Crippen LogP contribution is 2.35. The fourth-order valence-corrected chi connectivity index (χ4v) is 2.03. The second-order valence-electron chi connectivity index (χ2n) is 4.39. The van der Waals surface area contributed by atoms with E-state index in [0.29, 0.717) is 29.5 Å². The number of allylic oxidation sites excluding steroid dienone is 1. The number of carbonyl (C=O) groups is 1. The van der Waals surface area contributed by atoms with E-state index in [1.54, 1.807) is 45.6 Å². The summed E-state index contributed by atoms with van der Waals surface area (Å²) in [6.45, 7) is 0. The van der Waals surface area contributed by atoms with Crippen molar-refractivity contribution in [2.24, 2.45) is 0 Å². The molecule has 0 bridgehead atoms. The monoisotopic (exact) mass is 312 g/mol. The minimum Gasteiger partial charge on any atom is -0.496 e. The van der Waals surface area contributed by atoms with E-state index < -0.39 is 0 Å². The lowest BCUT2D eigenvalue weighted by Crippen LogP contribution is -1.96. The van der Waals surface area contributed by atoms with Crippen LogP contribution in [0.3, 0.4) is 0 Å². The van der Waals surface area contributed by atoms with Crippen LogP contribution in [-0.4, -0.2) is 33.0 Å². The summed E-state index contributed by atoms with van der Waals surface area (Å²) in [7, 11) is 4.70. The number of ether oxygens (including phenoxy) is 3. The predicted octanol–water partition coefficient (Wildman–Crippen LogP) is 3.70. The second kappa shape index (κ2) is 9.29. The van der Waals surface area contributed by atoms with Gasteiger partial charge >= 0.3 is 0 Å². The van der Waals surface area contributed by atoms with E-state index in [1.807, 2.05) is 0 Å². The summed E-state index contributed by atoms with van der Waals surface area (Å²) in [6.07, 6.45) is 5.43.